The van der Waals surface area contributed by atoms with Gasteiger partial charge in [-0.1, -0.05) is 0 Å². The summed E-state index contributed by atoms with van der Waals surface area (Å²) in [6, 6.07) is 7.67. The Morgan fingerprint density at radius 3 is 2.74 bits per heavy atom. The predicted octanol–water partition coefficient (Wildman–Crippen LogP) is 2.20. The number of amides is 1. The van der Waals surface area contributed by atoms with E-state index in [0.29, 0.717) is 25.3 Å². The van der Waals surface area contributed by atoms with E-state index in [4.69, 9.17) is 14.2 Å². The maximum absolute atomic E-state index is 12.4. The normalized spacial score (nSPS) is 18.9. The SMILES string of the molecule is CCOc1ccc(-c2nc(CC(=O)NC3(C(=O)OC)CCOC3)cs2)cc1. The number of esters is 1. The zero-order chi connectivity index (χ0) is 19.3. The first-order valence-electron chi connectivity index (χ1n) is 8.71. The van der Waals surface area contributed by atoms with Crippen LogP contribution in [0.25, 0.3) is 10.6 Å². The molecule has 1 atom stereocenters. The molecule has 1 saturated heterocycles. The molecule has 8 heteroatoms. The van der Waals surface area contributed by atoms with Gasteiger partial charge in [0, 0.05) is 24.0 Å². The predicted molar refractivity (Wildman–Crippen MR) is 101 cm³/mol. The number of nitrogens with one attached hydrogen (secondary N) is 1. The number of nitrogens with zero attached hydrogens (tertiary/aromatic N) is 1. The van der Waals surface area contributed by atoms with Crippen molar-refractivity contribution in [3.05, 3.63) is 35.3 Å². The molecule has 0 aliphatic carbocycles. The summed E-state index contributed by atoms with van der Waals surface area (Å²) >= 11 is 1.47. The van der Waals surface area contributed by atoms with Gasteiger partial charge in [0.15, 0.2) is 5.54 Å². The Morgan fingerprint density at radius 2 is 2.11 bits per heavy atom. The highest BCUT2D eigenvalue weighted by Crippen LogP contribution is 2.26. The third-order valence-electron chi connectivity index (χ3n) is 4.28. The van der Waals surface area contributed by atoms with Gasteiger partial charge in [-0.2, -0.15) is 0 Å². The molecule has 1 aliphatic heterocycles. The van der Waals surface area contributed by atoms with Crippen molar-refractivity contribution in [2.24, 2.45) is 0 Å². The first kappa shape index (κ1) is 19.3. The molecule has 3 rings (SSSR count). The molecule has 0 bridgehead atoms. The number of rotatable bonds is 7. The average molecular weight is 390 g/mol. The molecule has 144 valence electrons. The Morgan fingerprint density at radius 1 is 1.33 bits per heavy atom. The van der Waals surface area contributed by atoms with E-state index in [1.54, 1.807) is 0 Å². The van der Waals surface area contributed by atoms with Gasteiger partial charge in [0.05, 0.1) is 32.4 Å². The van der Waals surface area contributed by atoms with E-state index < -0.39 is 11.5 Å². The van der Waals surface area contributed by atoms with Gasteiger partial charge in [0.2, 0.25) is 5.91 Å². The van der Waals surface area contributed by atoms with Crippen molar-refractivity contribution in [1.29, 1.82) is 0 Å². The first-order chi connectivity index (χ1) is 13.1. The summed E-state index contributed by atoms with van der Waals surface area (Å²) in [5.41, 5.74) is 0.519. The molecule has 2 aromatic rings. The number of methoxy groups -OCH3 is 1. The number of ether oxygens (including phenoxy) is 3. The molecular weight excluding hydrogens is 368 g/mol. The second-order valence-corrected chi connectivity index (χ2v) is 7.06. The van der Waals surface area contributed by atoms with Gasteiger partial charge in [-0.05, 0) is 31.2 Å². The Kier molecular flexibility index (Phi) is 6.08. The highest BCUT2D eigenvalue weighted by molar-refractivity contribution is 7.13. The molecule has 0 spiro atoms. The van der Waals surface area contributed by atoms with E-state index in [9.17, 15) is 9.59 Å². The summed E-state index contributed by atoms with van der Waals surface area (Å²) in [6.45, 7) is 3.09. The lowest BCUT2D eigenvalue weighted by Gasteiger charge is -2.25. The standard InChI is InChI=1S/C19H22N2O5S/c1-3-26-15-6-4-13(5-7-15)17-20-14(11-27-17)10-16(22)21-19(18(23)24-2)8-9-25-12-19/h4-7,11H,3,8-10,12H2,1-2H3,(H,21,22). The number of thiazole rings is 1. The lowest BCUT2D eigenvalue weighted by atomic mass is 9.98. The molecule has 7 nitrogen and oxygen atoms in total. The molecule has 1 fully saturated rings. The van der Waals surface area contributed by atoms with Gasteiger partial charge < -0.3 is 19.5 Å². The molecule has 1 amide bonds. The lowest BCUT2D eigenvalue weighted by molar-refractivity contribution is -0.150. The quantitative estimate of drug-likeness (QED) is 0.730. The van der Waals surface area contributed by atoms with E-state index in [0.717, 1.165) is 16.3 Å². The van der Waals surface area contributed by atoms with Crippen molar-refractivity contribution >= 4 is 23.2 Å². The minimum Gasteiger partial charge on any atom is -0.494 e. The maximum Gasteiger partial charge on any atom is 0.334 e. The Labute approximate surface area is 161 Å². The Balaban J connectivity index is 1.64. The summed E-state index contributed by atoms with van der Waals surface area (Å²) < 4.78 is 15.5. The topological polar surface area (TPSA) is 86.8 Å². The van der Waals surface area contributed by atoms with Crippen LogP contribution in [-0.4, -0.2) is 49.3 Å². The molecule has 1 aromatic carbocycles. The van der Waals surface area contributed by atoms with Crippen LogP contribution in [0.4, 0.5) is 0 Å². The van der Waals surface area contributed by atoms with Crippen LogP contribution < -0.4 is 10.1 Å². The summed E-state index contributed by atoms with van der Waals surface area (Å²) in [4.78, 5) is 29.0. The van der Waals surface area contributed by atoms with E-state index >= 15 is 0 Å². The van der Waals surface area contributed by atoms with Gasteiger partial charge in [0.25, 0.3) is 0 Å². The van der Waals surface area contributed by atoms with Crippen LogP contribution in [0.5, 0.6) is 5.75 Å². The summed E-state index contributed by atoms with van der Waals surface area (Å²) in [7, 11) is 1.30. The summed E-state index contributed by atoms with van der Waals surface area (Å²) in [6.07, 6.45) is 0.492. The number of hydrogen-bond acceptors (Lipinski definition) is 7. The molecule has 1 N–H and O–H groups in total. The van der Waals surface area contributed by atoms with Crippen LogP contribution in [0.3, 0.4) is 0 Å². The fourth-order valence-electron chi connectivity index (χ4n) is 2.93. The lowest BCUT2D eigenvalue weighted by Crippen LogP contribution is -2.56. The van der Waals surface area contributed by atoms with Gasteiger partial charge in [-0.3, -0.25) is 4.79 Å². The number of carbonyl (C=O) groups excluding carboxylic acids is 2. The van der Waals surface area contributed by atoms with Crippen LogP contribution in [0.15, 0.2) is 29.6 Å². The molecule has 1 aliphatic rings. The van der Waals surface area contributed by atoms with Gasteiger partial charge in [0.1, 0.15) is 10.8 Å². The zero-order valence-electron chi connectivity index (χ0n) is 15.3. The molecular formula is C19H22N2O5S. The smallest absolute Gasteiger partial charge is 0.334 e. The van der Waals surface area contributed by atoms with E-state index in [-0.39, 0.29) is 18.9 Å². The fourth-order valence-corrected chi connectivity index (χ4v) is 3.75. The van der Waals surface area contributed by atoms with Crippen molar-refractivity contribution < 1.29 is 23.8 Å². The average Bonchev–Trinajstić information content (AvgIpc) is 3.32. The van der Waals surface area contributed by atoms with Gasteiger partial charge in [-0.25, -0.2) is 9.78 Å². The highest BCUT2D eigenvalue weighted by Gasteiger charge is 2.44. The third-order valence-corrected chi connectivity index (χ3v) is 5.22. The second kappa shape index (κ2) is 8.49. The van der Waals surface area contributed by atoms with Crippen molar-refractivity contribution in [1.82, 2.24) is 10.3 Å². The van der Waals surface area contributed by atoms with Crippen molar-refractivity contribution in [2.45, 2.75) is 25.3 Å². The van der Waals surface area contributed by atoms with E-state index in [2.05, 4.69) is 10.3 Å². The molecule has 27 heavy (non-hydrogen) atoms. The largest absolute Gasteiger partial charge is 0.494 e. The molecule has 1 unspecified atom stereocenters. The van der Waals surface area contributed by atoms with Gasteiger partial charge >= 0.3 is 5.97 Å². The summed E-state index contributed by atoms with van der Waals surface area (Å²) in [5.74, 6) is 0.0421. The molecule has 1 aromatic heterocycles. The van der Waals surface area contributed by atoms with Crippen LogP contribution in [-0.2, 0) is 25.5 Å². The number of benzene rings is 1. The monoisotopic (exact) mass is 390 g/mol. The number of carbonyl (C=O) groups is 2. The van der Waals surface area contributed by atoms with Gasteiger partial charge in [-0.15, -0.1) is 11.3 Å². The summed E-state index contributed by atoms with van der Waals surface area (Å²) in [5, 5.41) is 5.45. The van der Waals surface area contributed by atoms with E-state index in [1.165, 1.54) is 18.4 Å². The first-order valence-corrected chi connectivity index (χ1v) is 9.59. The minimum atomic E-state index is -1.10. The van der Waals surface area contributed by atoms with Crippen molar-refractivity contribution in [3.8, 4) is 16.3 Å². The second-order valence-electron chi connectivity index (χ2n) is 6.20. The number of hydrogen-bond donors (Lipinski definition) is 1. The Hall–Kier alpha value is -2.45. The third kappa shape index (κ3) is 4.45. The van der Waals surface area contributed by atoms with Crippen LogP contribution in [0.1, 0.15) is 19.0 Å². The minimum absolute atomic E-state index is 0.0896. The molecule has 2 heterocycles. The van der Waals surface area contributed by atoms with Crippen molar-refractivity contribution in [2.75, 3.05) is 26.9 Å². The Bertz CT molecular complexity index is 797. The number of aromatic nitrogens is 1. The van der Waals surface area contributed by atoms with Crippen LogP contribution in [0, 0.1) is 0 Å². The molecule has 0 saturated carbocycles. The fraction of sp³-hybridized carbons (Fsp3) is 0.421. The van der Waals surface area contributed by atoms with Crippen LogP contribution >= 0.6 is 11.3 Å². The highest BCUT2D eigenvalue weighted by atomic mass is 32.1. The zero-order valence-corrected chi connectivity index (χ0v) is 16.1. The van der Waals surface area contributed by atoms with Crippen LogP contribution in [0.2, 0.25) is 0 Å². The van der Waals surface area contributed by atoms with E-state index in [1.807, 2.05) is 36.6 Å². The molecule has 0 radical (unpaired) electrons. The maximum atomic E-state index is 12.4. The van der Waals surface area contributed by atoms with Crippen molar-refractivity contribution in [3.63, 3.8) is 0 Å².